The molecule has 3 aromatic rings. The minimum absolute atomic E-state index is 0.148. The van der Waals surface area contributed by atoms with Crippen molar-refractivity contribution >= 4 is 17.5 Å². The van der Waals surface area contributed by atoms with E-state index in [1.165, 1.54) is 6.07 Å². The Kier molecular flexibility index (Phi) is 4.98. The summed E-state index contributed by atoms with van der Waals surface area (Å²) in [4.78, 5) is 23.0. The highest BCUT2D eigenvalue weighted by molar-refractivity contribution is 5.90. The number of imidazole rings is 1. The number of carbonyl (C=O) groups is 1. The molecule has 146 valence electrons. The minimum atomic E-state index is -0.384. The summed E-state index contributed by atoms with van der Waals surface area (Å²) in [7, 11) is 0. The molecule has 3 heterocycles. The molecule has 1 aliphatic rings. The van der Waals surface area contributed by atoms with Crippen molar-refractivity contribution in [3.8, 4) is 11.3 Å². The molecule has 4 rings (SSSR count). The predicted octanol–water partition coefficient (Wildman–Crippen LogP) is 4.36. The fourth-order valence-electron chi connectivity index (χ4n) is 3.56. The molecule has 0 aliphatic carbocycles. The number of nitrogens with zero attached hydrogens (tertiary/aromatic N) is 4. The molecule has 2 amide bonds. The van der Waals surface area contributed by atoms with Crippen molar-refractivity contribution in [2.75, 3.05) is 18.4 Å². The third-order valence-corrected chi connectivity index (χ3v) is 4.96. The second-order valence-electron chi connectivity index (χ2n) is 7.65. The highest BCUT2D eigenvalue weighted by Crippen LogP contribution is 2.26. The molecule has 6 nitrogen and oxygen atoms in total. The molecule has 0 bridgehead atoms. The Labute approximate surface area is 163 Å². The van der Waals surface area contributed by atoms with Crippen LogP contribution in [0.5, 0.6) is 0 Å². The number of amides is 2. The fourth-order valence-corrected chi connectivity index (χ4v) is 3.56. The number of fused-ring (bicyclic) bond motifs is 1. The van der Waals surface area contributed by atoms with E-state index < -0.39 is 0 Å². The van der Waals surface area contributed by atoms with Crippen molar-refractivity contribution < 1.29 is 9.18 Å². The van der Waals surface area contributed by atoms with E-state index in [-0.39, 0.29) is 11.8 Å². The molecule has 1 N–H and O–H groups in total. The van der Waals surface area contributed by atoms with Gasteiger partial charge in [0.15, 0.2) is 0 Å². The van der Waals surface area contributed by atoms with Gasteiger partial charge in [-0.1, -0.05) is 13.8 Å². The highest BCUT2D eigenvalue weighted by atomic mass is 19.1. The molecule has 1 fully saturated rings. The van der Waals surface area contributed by atoms with E-state index >= 15 is 0 Å². The molecule has 0 saturated carbocycles. The Balaban J connectivity index is 1.62. The number of benzene rings is 1. The van der Waals surface area contributed by atoms with Crippen LogP contribution < -0.4 is 5.32 Å². The van der Waals surface area contributed by atoms with Crippen molar-refractivity contribution in [1.29, 1.82) is 0 Å². The van der Waals surface area contributed by atoms with Crippen LogP contribution >= 0.6 is 0 Å². The summed E-state index contributed by atoms with van der Waals surface area (Å²) >= 11 is 0. The topological polar surface area (TPSA) is 62.5 Å². The summed E-state index contributed by atoms with van der Waals surface area (Å²) < 4.78 is 16.4. The van der Waals surface area contributed by atoms with Crippen LogP contribution in [0.1, 0.15) is 32.4 Å². The second-order valence-corrected chi connectivity index (χ2v) is 7.65. The number of aromatic nitrogens is 3. The zero-order chi connectivity index (χ0) is 19.7. The Hall–Kier alpha value is -2.96. The lowest BCUT2D eigenvalue weighted by atomic mass is 10.1. The van der Waals surface area contributed by atoms with E-state index in [1.807, 2.05) is 16.8 Å². The quantitative estimate of drug-likeness (QED) is 0.730. The number of hydrogen-bond acceptors (Lipinski definition) is 3. The van der Waals surface area contributed by atoms with Gasteiger partial charge in [-0.05, 0) is 49.4 Å². The van der Waals surface area contributed by atoms with Crippen LogP contribution in [-0.2, 0) is 6.42 Å². The van der Waals surface area contributed by atoms with Crippen LogP contribution in [-0.4, -0.2) is 38.4 Å². The van der Waals surface area contributed by atoms with Gasteiger partial charge < -0.3 is 10.2 Å². The summed E-state index contributed by atoms with van der Waals surface area (Å²) in [5, 5.41) is 2.86. The number of likely N-dealkylation sites (tertiary alicyclic amines) is 1. The van der Waals surface area contributed by atoms with Crippen LogP contribution in [0.15, 0.2) is 36.7 Å². The van der Waals surface area contributed by atoms with Crippen molar-refractivity contribution in [2.24, 2.45) is 5.92 Å². The molecular weight excluding hydrogens is 357 g/mol. The van der Waals surface area contributed by atoms with E-state index in [9.17, 15) is 9.18 Å². The minimum Gasteiger partial charge on any atom is -0.325 e. The number of anilines is 1. The van der Waals surface area contributed by atoms with Crippen LogP contribution in [0.3, 0.4) is 0 Å². The van der Waals surface area contributed by atoms with Gasteiger partial charge in [0.2, 0.25) is 5.78 Å². The summed E-state index contributed by atoms with van der Waals surface area (Å²) in [6, 6.07) is 6.19. The van der Waals surface area contributed by atoms with Gasteiger partial charge in [-0.25, -0.2) is 19.2 Å². The fraction of sp³-hybridized carbons (Fsp3) is 0.381. The third-order valence-electron chi connectivity index (χ3n) is 4.96. The van der Waals surface area contributed by atoms with Crippen molar-refractivity contribution in [1.82, 2.24) is 19.3 Å². The molecule has 28 heavy (non-hydrogen) atoms. The second kappa shape index (κ2) is 7.58. The van der Waals surface area contributed by atoms with Gasteiger partial charge in [-0.3, -0.25) is 4.40 Å². The van der Waals surface area contributed by atoms with Gasteiger partial charge in [0.05, 0.1) is 11.9 Å². The lowest BCUT2D eigenvalue weighted by Gasteiger charge is -2.16. The molecule has 0 radical (unpaired) electrons. The maximum absolute atomic E-state index is 14.5. The summed E-state index contributed by atoms with van der Waals surface area (Å²) in [6.07, 6.45) is 6.63. The van der Waals surface area contributed by atoms with E-state index in [0.29, 0.717) is 28.6 Å². The van der Waals surface area contributed by atoms with E-state index in [2.05, 4.69) is 29.1 Å². The lowest BCUT2D eigenvalue weighted by Crippen LogP contribution is -2.32. The maximum Gasteiger partial charge on any atom is 0.321 e. The zero-order valence-corrected chi connectivity index (χ0v) is 16.2. The first-order valence-electron chi connectivity index (χ1n) is 9.70. The first-order chi connectivity index (χ1) is 13.5. The standard InChI is InChI=1S/C21H24FN5O/c1-14(2)11-16-13-23-20-25-19(7-10-27(16)20)17-12-15(5-6-18(17)22)24-21(28)26-8-3-4-9-26/h5-7,10,12-14H,3-4,8-9,11H2,1-2H3,(H,24,28). The molecule has 0 spiro atoms. The Morgan fingerprint density at radius 3 is 2.79 bits per heavy atom. The molecule has 0 atom stereocenters. The SMILES string of the molecule is CC(C)Cc1cnc2nc(-c3cc(NC(=O)N4CCCC4)ccc3F)ccn12. The van der Waals surface area contributed by atoms with Gasteiger partial charge in [-0.2, -0.15) is 0 Å². The monoisotopic (exact) mass is 381 g/mol. The maximum atomic E-state index is 14.5. The number of nitrogens with one attached hydrogen (secondary N) is 1. The van der Waals surface area contributed by atoms with E-state index in [1.54, 1.807) is 23.1 Å². The van der Waals surface area contributed by atoms with Crippen LogP contribution in [0.2, 0.25) is 0 Å². The molecule has 1 saturated heterocycles. The van der Waals surface area contributed by atoms with Gasteiger partial charge in [-0.15, -0.1) is 0 Å². The van der Waals surface area contributed by atoms with Crippen molar-refractivity contribution in [2.45, 2.75) is 33.1 Å². The van der Waals surface area contributed by atoms with Crippen molar-refractivity contribution in [3.63, 3.8) is 0 Å². The normalized spacial score (nSPS) is 14.2. The van der Waals surface area contributed by atoms with Gasteiger partial charge >= 0.3 is 6.03 Å². The Morgan fingerprint density at radius 2 is 2.04 bits per heavy atom. The molecule has 7 heteroatoms. The summed E-state index contributed by atoms with van der Waals surface area (Å²) in [5.41, 5.74) is 2.47. The highest BCUT2D eigenvalue weighted by Gasteiger charge is 2.18. The average molecular weight is 381 g/mol. The molecule has 2 aromatic heterocycles. The Morgan fingerprint density at radius 1 is 1.25 bits per heavy atom. The summed E-state index contributed by atoms with van der Waals surface area (Å²) in [5.74, 6) is 0.664. The molecule has 1 aliphatic heterocycles. The van der Waals surface area contributed by atoms with Crippen LogP contribution in [0.4, 0.5) is 14.9 Å². The smallest absolute Gasteiger partial charge is 0.321 e. The molecule has 0 unspecified atom stereocenters. The first-order valence-corrected chi connectivity index (χ1v) is 9.70. The van der Waals surface area contributed by atoms with Crippen LogP contribution in [0.25, 0.3) is 17.0 Å². The number of urea groups is 1. The van der Waals surface area contributed by atoms with Crippen molar-refractivity contribution in [3.05, 3.63) is 48.2 Å². The lowest BCUT2D eigenvalue weighted by molar-refractivity contribution is 0.222. The largest absolute Gasteiger partial charge is 0.325 e. The number of halogens is 1. The number of hydrogen-bond donors (Lipinski definition) is 1. The van der Waals surface area contributed by atoms with E-state index in [0.717, 1.165) is 38.0 Å². The first kappa shape index (κ1) is 18.4. The van der Waals surface area contributed by atoms with Crippen LogP contribution in [0, 0.1) is 11.7 Å². The molecular formula is C21H24FN5O. The molecule has 1 aromatic carbocycles. The third kappa shape index (κ3) is 3.69. The number of rotatable bonds is 4. The summed E-state index contributed by atoms with van der Waals surface area (Å²) in [6.45, 7) is 5.82. The van der Waals surface area contributed by atoms with Gasteiger partial charge in [0.25, 0.3) is 0 Å². The Bertz CT molecular complexity index is 1010. The number of carbonyl (C=O) groups excluding carboxylic acids is 1. The predicted molar refractivity (Wildman–Crippen MR) is 107 cm³/mol. The van der Waals surface area contributed by atoms with E-state index in [4.69, 9.17) is 0 Å². The average Bonchev–Trinajstić information content (AvgIpc) is 3.33. The van der Waals surface area contributed by atoms with Gasteiger partial charge in [0.1, 0.15) is 5.82 Å². The van der Waals surface area contributed by atoms with Gasteiger partial charge in [0, 0.05) is 36.2 Å². The zero-order valence-electron chi connectivity index (χ0n) is 16.2.